The molecule has 2 N–H and O–H groups in total. The quantitative estimate of drug-likeness (QED) is 0.701. The van der Waals surface area contributed by atoms with Crippen LogP contribution in [0.3, 0.4) is 0 Å². The minimum absolute atomic E-state index is 0.720. The van der Waals surface area contributed by atoms with E-state index >= 15 is 0 Å². The van der Waals surface area contributed by atoms with E-state index in [2.05, 4.69) is 25.5 Å². The van der Waals surface area contributed by atoms with Crippen molar-refractivity contribution in [2.75, 3.05) is 18.1 Å². The summed E-state index contributed by atoms with van der Waals surface area (Å²) in [5, 5.41) is 4.77. The van der Waals surface area contributed by atoms with Crippen LogP contribution in [0.1, 0.15) is 44.1 Å². The predicted molar refractivity (Wildman–Crippen MR) is 81.4 cm³/mol. The van der Waals surface area contributed by atoms with E-state index in [1.54, 1.807) is 0 Å². The Bertz CT molecular complexity index is 347. The fourth-order valence-electron chi connectivity index (χ4n) is 2.35. The molecule has 104 valence electrons. The maximum absolute atomic E-state index is 5.72. The molecule has 18 heavy (non-hydrogen) atoms. The molecule has 1 aromatic heterocycles. The lowest BCUT2D eigenvalue weighted by molar-refractivity contribution is 0.573. The zero-order chi connectivity index (χ0) is 13.4. The molecule has 0 saturated heterocycles. The van der Waals surface area contributed by atoms with Crippen molar-refractivity contribution in [3.05, 3.63) is 17.0 Å². The van der Waals surface area contributed by atoms with Crippen LogP contribution in [0.2, 0.25) is 0 Å². The Hall–Kier alpha value is -0.480. The number of thioether (sulfide) groups is 1. The van der Waals surface area contributed by atoms with E-state index in [0.717, 1.165) is 32.4 Å². The van der Waals surface area contributed by atoms with Gasteiger partial charge in [-0.3, -0.25) is 4.68 Å². The molecule has 0 aromatic carbocycles. The number of hydrogen-bond acceptors (Lipinski definition) is 3. The van der Waals surface area contributed by atoms with Gasteiger partial charge in [0, 0.05) is 12.2 Å². The number of rotatable bonds is 9. The Morgan fingerprint density at radius 2 is 2.00 bits per heavy atom. The van der Waals surface area contributed by atoms with Crippen molar-refractivity contribution in [1.29, 1.82) is 0 Å². The smallest absolute Gasteiger partial charge is 0.0657 e. The summed E-state index contributed by atoms with van der Waals surface area (Å²) in [5.74, 6) is 2.44. The zero-order valence-electron chi connectivity index (χ0n) is 12.0. The SMILES string of the molecule is CCSCCCn1nc(CC)c(CCN)c1CC. The van der Waals surface area contributed by atoms with Gasteiger partial charge in [0.15, 0.2) is 0 Å². The van der Waals surface area contributed by atoms with E-state index in [0.29, 0.717) is 0 Å². The molecule has 0 aliphatic rings. The van der Waals surface area contributed by atoms with Gasteiger partial charge in [-0.15, -0.1) is 0 Å². The van der Waals surface area contributed by atoms with Gasteiger partial charge in [0.05, 0.1) is 5.69 Å². The van der Waals surface area contributed by atoms with Gasteiger partial charge in [-0.2, -0.15) is 16.9 Å². The average Bonchev–Trinajstić information content (AvgIpc) is 2.72. The van der Waals surface area contributed by atoms with E-state index in [1.165, 1.54) is 34.9 Å². The van der Waals surface area contributed by atoms with Crippen LogP contribution >= 0.6 is 11.8 Å². The second-order valence-corrected chi connectivity index (χ2v) is 5.79. The molecule has 0 radical (unpaired) electrons. The van der Waals surface area contributed by atoms with E-state index in [1.807, 2.05) is 11.8 Å². The molecule has 0 bridgehead atoms. The summed E-state index contributed by atoms with van der Waals surface area (Å²) < 4.78 is 2.22. The minimum atomic E-state index is 0.720. The topological polar surface area (TPSA) is 43.8 Å². The fourth-order valence-corrected chi connectivity index (χ4v) is 2.97. The average molecular weight is 269 g/mol. The summed E-state index contributed by atoms with van der Waals surface area (Å²) in [7, 11) is 0. The first-order valence-electron chi connectivity index (χ1n) is 7.13. The monoisotopic (exact) mass is 269 g/mol. The minimum Gasteiger partial charge on any atom is -0.330 e. The van der Waals surface area contributed by atoms with Gasteiger partial charge in [-0.1, -0.05) is 20.8 Å². The van der Waals surface area contributed by atoms with Crippen molar-refractivity contribution in [3.8, 4) is 0 Å². The highest BCUT2D eigenvalue weighted by molar-refractivity contribution is 7.99. The van der Waals surface area contributed by atoms with Crippen LogP contribution in [0.5, 0.6) is 0 Å². The highest BCUT2D eigenvalue weighted by Gasteiger charge is 2.14. The Labute approximate surface area is 116 Å². The van der Waals surface area contributed by atoms with Crippen LogP contribution in [0.4, 0.5) is 0 Å². The Balaban J connectivity index is 2.76. The van der Waals surface area contributed by atoms with Crippen LogP contribution < -0.4 is 5.73 Å². The molecule has 0 spiro atoms. The molecule has 0 saturated carbocycles. The van der Waals surface area contributed by atoms with E-state index < -0.39 is 0 Å². The molecule has 0 fully saturated rings. The van der Waals surface area contributed by atoms with Crippen molar-refractivity contribution < 1.29 is 0 Å². The first kappa shape index (κ1) is 15.6. The highest BCUT2D eigenvalue weighted by Crippen LogP contribution is 2.17. The predicted octanol–water partition coefficient (Wildman–Crippen LogP) is 2.65. The van der Waals surface area contributed by atoms with Gasteiger partial charge in [0.1, 0.15) is 0 Å². The van der Waals surface area contributed by atoms with Crippen molar-refractivity contribution >= 4 is 11.8 Å². The van der Waals surface area contributed by atoms with Crippen LogP contribution in [-0.4, -0.2) is 27.8 Å². The first-order chi connectivity index (χ1) is 8.78. The number of aryl methyl sites for hydroxylation is 2. The van der Waals surface area contributed by atoms with Gasteiger partial charge in [-0.25, -0.2) is 0 Å². The molecule has 1 heterocycles. The highest BCUT2D eigenvalue weighted by atomic mass is 32.2. The molecule has 0 atom stereocenters. The van der Waals surface area contributed by atoms with E-state index in [-0.39, 0.29) is 0 Å². The van der Waals surface area contributed by atoms with Crippen LogP contribution in [-0.2, 0) is 25.8 Å². The maximum atomic E-state index is 5.72. The second-order valence-electron chi connectivity index (χ2n) is 4.39. The molecule has 3 nitrogen and oxygen atoms in total. The molecule has 0 aliphatic heterocycles. The molecular formula is C14H27N3S. The van der Waals surface area contributed by atoms with Crippen molar-refractivity contribution in [3.63, 3.8) is 0 Å². The first-order valence-corrected chi connectivity index (χ1v) is 8.29. The Kier molecular flexibility index (Phi) is 7.44. The van der Waals surface area contributed by atoms with E-state index in [9.17, 15) is 0 Å². The zero-order valence-corrected chi connectivity index (χ0v) is 12.9. The van der Waals surface area contributed by atoms with Gasteiger partial charge in [0.25, 0.3) is 0 Å². The van der Waals surface area contributed by atoms with Crippen LogP contribution in [0.15, 0.2) is 0 Å². The standard InChI is InChI=1S/C14H27N3S/c1-4-13-12(8-9-15)14(5-2)17(16-13)10-7-11-18-6-3/h4-11,15H2,1-3H3. The van der Waals surface area contributed by atoms with E-state index in [4.69, 9.17) is 10.8 Å². The summed E-state index contributed by atoms with van der Waals surface area (Å²) in [4.78, 5) is 0. The number of nitrogens with zero attached hydrogens (tertiary/aromatic N) is 2. The Morgan fingerprint density at radius 1 is 1.22 bits per heavy atom. The molecule has 4 heteroatoms. The third-order valence-electron chi connectivity index (χ3n) is 3.18. The molecule has 0 aliphatic carbocycles. The van der Waals surface area contributed by atoms with Crippen LogP contribution in [0, 0.1) is 0 Å². The summed E-state index contributed by atoms with van der Waals surface area (Å²) in [6.45, 7) is 8.38. The molecule has 0 unspecified atom stereocenters. The van der Waals surface area contributed by atoms with Crippen molar-refractivity contribution in [2.24, 2.45) is 5.73 Å². The summed E-state index contributed by atoms with van der Waals surface area (Å²) in [5.41, 5.74) is 9.78. The summed E-state index contributed by atoms with van der Waals surface area (Å²) >= 11 is 2.01. The van der Waals surface area contributed by atoms with Crippen LogP contribution in [0.25, 0.3) is 0 Å². The number of hydrogen-bond donors (Lipinski definition) is 1. The second kappa shape index (κ2) is 8.59. The lowest BCUT2D eigenvalue weighted by Gasteiger charge is -2.07. The molecule has 0 amide bonds. The lowest BCUT2D eigenvalue weighted by atomic mass is 10.1. The fraction of sp³-hybridized carbons (Fsp3) is 0.786. The molecular weight excluding hydrogens is 242 g/mol. The van der Waals surface area contributed by atoms with Gasteiger partial charge in [0.2, 0.25) is 0 Å². The summed E-state index contributed by atoms with van der Waals surface area (Å²) in [6, 6.07) is 0. The number of aromatic nitrogens is 2. The summed E-state index contributed by atoms with van der Waals surface area (Å²) in [6.07, 6.45) is 4.25. The normalized spacial score (nSPS) is 11.1. The van der Waals surface area contributed by atoms with Gasteiger partial charge < -0.3 is 5.73 Å². The third-order valence-corrected chi connectivity index (χ3v) is 4.16. The van der Waals surface area contributed by atoms with Gasteiger partial charge >= 0.3 is 0 Å². The Morgan fingerprint density at radius 3 is 2.56 bits per heavy atom. The maximum Gasteiger partial charge on any atom is 0.0657 e. The van der Waals surface area contributed by atoms with Gasteiger partial charge in [-0.05, 0) is 49.3 Å². The lowest BCUT2D eigenvalue weighted by Crippen LogP contribution is -2.08. The largest absolute Gasteiger partial charge is 0.330 e. The van der Waals surface area contributed by atoms with Crippen molar-refractivity contribution in [2.45, 2.75) is 53.0 Å². The molecule has 1 aromatic rings. The number of nitrogens with two attached hydrogens (primary N) is 1. The van der Waals surface area contributed by atoms with Crippen molar-refractivity contribution in [1.82, 2.24) is 9.78 Å². The molecule has 1 rings (SSSR count). The third kappa shape index (κ3) is 4.02.